The van der Waals surface area contributed by atoms with Crippen molar-refractivity contribution in [3.05, 3.63) is 78.4 Å². The largest absolute Gasteiger partial charge is 0.435 e. The Morgan fingerprint density at radius 1 is 0.800 bits per heavy atom. The molecule has 98 valence electrons. The molecule has 0 saturated carbocycles. The molecule has 3 aromatic carbocycles. The third-order valence-electron chi connectivity index (χ3n) is 3.07. The number of oxime groups is 1. The van der Waals surface area contributed by atoms with E-state index in [4.69, 9.17) is 4.74 Å². The zero-order valence-corrected chi connectivity index (χ0v) is 10.7. The smallest absolute Gasteiger partial charge is 0.262 e. The Labute approximate surface area is 116 Å². The molecule has 0 aliphatic carbocycles. The van der Waals surface area contributed by atoms with E-state index in [-0.39, 0.29) is 5.90 Å². The van der Waals surface area contributed by atoms with Gasteiger partial charge in [0.2, 0.25) is 0 Å². The lowest BCUT2D eigenvalue weighted by Gasteiger charge is -2.09. The molecule has 1 N–H and O–H groups in total. The van der Waals surface area contributed by atoms with Crippen LogP contribution in [-0.2, 0) is 0 Å². The van der Waals surface area contributed by atoms with Gasteiger partial charge in [0.15, 0.2) is 0 Å². The number of hydrogen-bond acceptors (Lipinski definition) is 3. The first-order chi connectivity index (χ1) is 9.88. The first-order valence-electron chi connectivity index (χ1n) is 6.31. The number of rotatable bonds is 2. The quantitative estimate of drug-likeness (QED) is 0.328. The van der Waals surface area contributed by atoms with E-state index < -0.39 is 0 Å². The van der Waals surface area contributed by atoms with Gasteiger partial charge in [-0.05, 0) is 28.7 Å². The van der Waals surface area contributed by atoms with Crippen LogP contribution in [0.25, 0.3) is 10.8 Å². The maximum Gasteiger partial charge on any atom is 0.262 e. The summed E-state index contributed by atoms with van der Waals surface area (Å²) in [6.07, 6.45) is 0. The molecule has 0 unspecified atom stereocenters. The topological polar surface area (TPSA) is 41.8 Å². The highest BCUT2D eigenvalue weighted by atomic mass is 16.5. The van der Waals surface area contributed by atoms with Crippen molar-refractivity contribution < 1.29 is 9.94 Å². The van der Waals surface area contributed by atoms with Gasteiger partial charge in [0.05, 0.1) is 0 Å². The van der Waals surface area contributed by atoms with Gasteiger partial charge in [0, 0.05) is 10.9 Å². The summed E-state index contributed by atoms with van der Waals surface area (Å²) in [5.74, 6) is 0.849. The molecule has 0 aromatic heterocycles. The average Bonchev–Trinajstić information content (AvgIpc) is 2.53. The highest BCUT2D eigenvalue weighted by Crippen LogP contribution is 2.26. The Hall–Kier alpha value is -2.81. The van der Waals surface area contributed by atoms with E-state index in [1.165, 1.54) is 0 Å². The van der Waals surface area contributed by atoms with Crippen molar-refractivity contribution in [2.45, 2.75) is 0 Å². The van der Waals surface area contributed by atoms with Crippen molar-refractivity contribution in [1.82, 2.24) is 0 Å². The van der Waals surface area contributed by atoms with Crippen LogP contribution in [0.4, 0.5) is 0 Å². The van der Waals surface area contributed by atoms with E-state index >= 15 is 0 Å². The van der Waals surface area contributed by atoms with Crippen molar-refractivity contribution in [1.29, 1.82) is 0 Å². The molecule has 0 bridgehead atoms. The second-order valence-electron chi connectivity index (χ2n) is 4.35. The van der Waals surface area contributed by atoms with Crippen LogP contribution in [0.3, 0.4) is 0 Å². The molecule has 3 rings (SSSR count). The number of ether oxygens (including phenoxy) is 1. The van der Waals surface area contributed by atoms with Crippen LogP contribution in [0.15, 0.2) is 78.0 Å². The maximum absolute atomic E-state index is 9.18. The second-order valence-corrected chi connectivity index (χ2v) is 4.35. The minimum atomic E-state index is 0.182. The summed E-state index contributed by atoms with van der Waals surface area (Å²) in [6.45, 7) is 0. The van der Waals surface area contributed by atoms with Gasteiger partial charge in [-0.25, -0.2) is 0 Å². The molecule has 0 heterocycles. The van der Waals surface area contributed by atoms with Gasteiger partial charge in [-0.3, -0.25) is 0 Å². The minimum absolute atomic E-state index is 0.182. The van der Waals surface area contributed by atoms with Crippen LogP contribution in [0.5, 0.6) is 5.75 Å². The van der Waals surface area contributed by atoms with Crippen LogP contribution in [0.2, 0.25) is 0 Å². The summed E-state index contributed by atoms with van der Waals surface area (Å²) in [4.78, 5) is 0. The van der Waals surface area contributed by atoms with E-state index in [9.17, 15) is 5.21 Å². The first-order valence-corrected chi connectivity index (χ1v) is 6.31. The van der Waals surface area contributed by atoms with Crippen molar-refractivity contribution in [3.63, 3.8) is 0 Å². The molecular weight excluding hydrogens is 250 g/mol. The number of benzene rings is 3. The van der Waals surface area contributed by atoms with Gasteiger partial charge < -0.3 is 9.94 Å². The molecule has 0 atom stereocenters. The van der Waals surface area contributed by atoms with Crippen LogP contribution < -0.4 is 4.74 Å². The summed E-state index contributed by atoms with van der Waals surface area (Å²) in [5.41, 5.74) is 0.725. The summed E-state index contributed by atoms with van der Waals surface area (Å²) in [7, 11) is 0. The van der Waals surface area contributed by atoms with Crippen LogP contribution >= 0.6 is 0 Å². The zero-order chi connectivity index (χ0) is 13.8. The summed E-state index contributed by atoms with van der Waals surface area (Å²) in [5, 5.41) is 14.5. The predicted octanol–water partition coefficient (Wildman–Crippen LogP) is 4.05. The van der Waals surface area contributed by atoms with Crippen molar-refractivity contribution >= 4 is 16.7 Å². The molecule has 20 heavy (non-hydrogen) atoms. The van der Waals surface area contributed by atoms with Crippen LogP contribution in [0.1, 0.15) is 5.56 Å². The molecular formula is C17H13NO2. The molecule has 0 fully saturated rings. The highest BCUT2D eigenvalue weighted by molar-refractivity contribution is 5.98. The summed E-state index contributed by atoms with van der Waals surface area (Å²) in [6, 6.07) is 23.0. The monoisotopic (exact) mass is 263 g/mol. The first kappa shape index (κ1) is 12.2. The molecule has 3 heteroatoms. The fourth-order valence-electron chi connectivity index (χ4n) is 2.11. The number of fused-ring (bicyclic) bond motifs is 1. The molecule has 0 aliphatic rings. The van der Waals surface area contributed by atoms with E-state index in [1.54, 1.807) is 0 Å². The molecule has 3 aromatic rings. The Bertz CT molecular complexity index is 746. The molecule has 0 spiro atoms. The maximum atomic E-state index is 9.18. The Morgan fingerprint density at radius 2 is 1.50 bits per heavy atom. The van der Waals surface area contributed by atoms with Crippen LogP contribution in [0, 0.1) is 0 Å². The Balaban J connectivity index is 2.01. The van der Waals surface area contributed by atoms with Crippen molar-refractivity contribution in [2.24, 2.45) is 5.16 Å². The van der Waals surface area contributed by atoms with E-state index in [0.717, 1.165) is 16.3 Å². The number of hydrogen-bond donors (Lipinski definition) is 1. The van der Waals surface area contributed by atoms with Gasteiger partial charge in [-0.2, -0.15) is 0 Å². The van der Waals surface area contributed by atoms with Gasteiger partial charge in [-0.15, -0.1) is 0 Å². The second kappa shape index (κ2) is 5.45. The van der Waals surface area contributed by atoms with Gasteiger partial charge in [0.1, 0.15) is 5.75 Å². The molecule has 0 radical (unpaired) electrons. The van der Waals surface area contributed by atoms with Gasteiger partial charge >= 0.3 is 0 Å². The highest BCUT2D eigenvalue weighted by Gasteiger charge is 2.09. The fraction of sp³-hybridized carbons (Fsp3) is 0. The predicted molar refractivity (Wildman–Crippen MR) is 79.3 cm³/mol. The normalized spacial score (nSPS) is 11.5. The van der Waals surface area contributed by atoms with E-state index in [0.29, 0.717) is 5.75 Å². The summed E-state index contributed by atoms with van der Waals surface area (Å²) < 4.78 is 5.76. The minimum Gasteiger partial charge on any atom is -0.435 e. The zero-order valence-electron chi connectivity index (χ0n) is 10.7. The summed E-state index contributed by atoms with van der Waals surface area (Å²) >= 11 is 0. The van der Waals surface area contributed by atoms with Crippen molar-refractivity contribution in [2.75, 3.05) is 0 Å². The van der Waals surface area contributed by atoms with Crippen molar-refractivity contribution in [3.8, 4) is 5.75 Å². The number of nitrogens with zero attached hydrogens (tertiary/aromatic N) is 1. The lowest BCUT2D eigenvalue weighted by Crippen LogP contribution is -2.10. The third kappa shape index (κ3) is 2.34. The van der Waals surface area contributed by atoms with E-state index in [2.05, 4.69) is 5.16 Å². The fourth-order valence-corrected chi connectivity index (χ4v) is 2.11. The Morgan fingerprint density at radius 3 is 2.30 bits per heavy atom. The SMILES string of the molecule is O/N=C(/Oc1cccc2ccccc12)c1ccccc1. The lowest BCUT2D eigenvalue weighted by atomic mass is 10.1. The third-order valence-corrected chi connectivity index (χ3v) is 3.07. The average molecular weight is 263 g/mol. The Kier molecular flexibility index (Phi) is 3.33. The van der Waals surface area contributed by atoms with E-state index in [1.807, 2.05) is 72.8 Å². The van der Waals surface area contributed by atoms with Gasteiger partial charge in [-0.1, -0.05) is 54.6 Å². The van der Waals surface area contributed by atoms with Crippen LogP contribution in [-0.4, -0.2) is 11.1 Å². The molecule has 3 nitrogen and oxygen atoms in total. The lowest BCUT2D eigenvalue weighted by molar-refractivity contribution is 0.305. The molecule has 0 amide bonds. The molecule has 0 saturated heterocycles. The molecule has 0 aliphatic heterocycles. The van der Waals surface area contributed by atoms with Gasteiger partial charge in [0.25, 0.3) is 5.90 Å². The standard InChI is InChI=1S/C17H13NO2/c19-18-17(14-8-2-1-3-9-14)20-16-12-6-10-13-7-4-5-11-15(13)16/h1-12,19H/b18-17+.